The van der Waals surface area contributed by atoms with Gasteiger partial charge in [0.2, 0.25) is 11.9 Å². The van der Waals surface area contributed by atoms with Crippen molar-refractivity contribution in [2.75, 3.05) is 13.5 Å². The third-order valence-corrected chi connectivity index (χ3v) is 5.53. The molecular formula is C25H33N3O5. The van der Waals surface area contributed by atoms with Crippen molar-refractivity contribution >= 4 is 23.9 Å². The van der Waals surface area contributed by atoms with E-state index in [0.717, 1.165) is 38.5 Å². The first-order valence-corrected chi connectivity index (χ1v) is 11.4. The molecule has 0 unspecified atom stereocenters. The Morgan fingerprint density at radius 2 is 1.91 bits per heavy atom. The number of nitrogens with zero attached hydrogens (tertiary/aromatic N) is 2. The highest BCUT2D eigenvalue weighted by Gasteiger charge is 2.46. The molecule has 178 valence electrons. The Morgan fingerprint density at radius 1 is 1.15 bits per heavy atom. The molecule has 1 aliphatic heterocycles. The maximum Gasteiger partial charge on any atom is 0.437 e. The molecule has 2 aliphatic rings. The topological polar surface area (TPSA) is 97.3 Å². The van der Waals surface area contributed by atoms with Gasteiger partial charge in [0.25, 0.3) is 0 Å². The van der Waals surface area contributed by atoms with Gasteiger partial charge in [-0.3, -0.25) is 14.9 Å². The van der Waals surface area contributed by atoms with Crippen LogP contribution in [0, 0.1) is 0 Å². The average Bonchev–Trinajstić information content (AvgIpc) is 3.58. The molecule has 8 heteroatoms. The molecule has 1 aromatic rings. The summed E-state index contributed by atoms with van der Waals surface area (Å²) in [5.41, 5.74) is 0.137. The number of allylic oxidation sites excluding steroid dienone is 2. The number of likely N-dealkylation sites (N-methyl/N-ethyl adjacent to an activating group) is 1. The van der Waals surface area contributed by atoms with Gasteiger partial charge in [0.1, 0.15) is 18.8 Å². The van der Waals surface area contributed by atoms with Crippen LogP contribution < -0.4 is 5.32 Å². The average molecular weight is 459 g/mol. The van der Waals surface area contributed by atoms with Gasteiger partial charge < -0.3 is 14.4 Å². The Balaban J connectivity index is 1.80. The number of carbonyl (C=O) groups is 3. The van der Waals surface area contributed by atoms with Crippen molar-refractivity contribution in [1.82, 2.24) is 10.2 Å². The van der Waals surface area contributed by atoms with Crippen molar-refractivity contribution in [3.05, 3.63) is 48.0 Å². The monoisotopic (exact) mass is 458 g/mol. The van der Waals surface area contributed by atoms with E-state index in [9.17, 15) is 14.4 Å². The van der Waals surface area contributed by atoms with E-state index in [1.165, 1.54) is 0 Å². The summed E-state index contributed by atoms with van der Waals surface area (Å²) in [5.74, 6) is -1.84. The van der Waals surface area contributed by atoms with Crippen LogP contribution in [-0.2, 0) is 25.7 Å². The van der Waals surface area contributed by atoms with Crippen molar-refractivity contribution in [1.29, 1.82) is 0 Å². The lowest BCUT2D eigenvalue weighted by Crippen LogP contribution is -2.45. The number of aliphatic imine (C=N–C) groups is 1. The van der Waals surface area contributed by atoms with Crippen LogP contribution in [0.2, 0.25) is 0 Å². The predicted octanol–water partition coefficient (Wildman–Crippen LogP) is 4.10. The Morgan fingerprint density at radius 3 is 2.64 bits per heavy atom. The first kappa shape index (κ1) is 20.4. The first-order valence-electron chi connectivity index (χ1n) is 12.9. The number of carbonyl (C=O) groups excluding carboxylic acids is 3. The normalized spacial score (nSPS) is 23.9. The van der Waals surface area contributed by atoms with Crippen LogP contribution in [0.15, 0.2) is 47.5 Å². The van der Waals surface area contributed by atoms with E-state index in [1.54, 1.807) is 24.3 Å². The molecule has 1 saturated carbocycles. The summed E-state index contributed by atoms with van der Waals surface area (Å²) in [6, 6.07) is 8.89. The lowest BCUT2D eigenvalue weighted by Gasteiger charge is -2.22. The maximum atomic E-state index is 12.8. The van der Waals surface area contributed by atoms with Crippen LogP contribution in [0.4, 0.5) is 4.79 Å². The summed E-state index contributed by atoms with van der Waals surface area (Å²) >= 11 is 0. The second-order valence-corrected chi connectivity index (χ2v) is 8.38. The van der Waals surface area contributed by atoms with Crippen LogP contribution in [0.25, 0.3) is 0 Å². The van der Waals surface area contributed by atoms with Gasteiger partial charge in [0.05, 0.1) is 0 Å². The fourth-order valence-corrected chi connectivity index (χ4v) is 3.53. The summed E-state index contributed by atoms with van der Waals surface area (Å²) in [5, 5.41) is 2.40. The number of amides is 2. The number of rotatable bonds is 2. The molecule has 1 fully saturated rings. The van der Waals surface area contributed by atoms with E-state index in [4.69, 9.17) is 13.6 Å². The second kappa shape index (κ2) is 12.2. The van der Waals surface area contributed by atoms with Crippen LogP contribution in [0.5, 0.6) is 0 Å². The minimum Gasteiger partial charge on any atom is -0.458 e. The van der Waals surface area contributed by atoms with Gasteiger partial charge in [-0.05, 0) is 56.9 Å². The molecule has 0 radical (unpaired) electrons. The van der Waals surface area contributed by atoms with Gasteiger partial charge in [0.15, 0.2) is 0 Å². The van der Waals surface area contributed by atoms with Gasteiger partial charge in [0, 0.05) is 17.5 Å². The predicted molar refractivity (Wildman–Crippen MR) is 124 cm³/mol. The summed E-state index contributed by atoms with van der Waals surface area (Å²) in [6.45, 7) is -3.67. The van der Waals surface area contributed by atoms with Gasteiger partial charge >= 0.3 is 12.1 Å². The fourth-order valence-electron chi connectivity index (χ4n) is 3.53. The van der Waals surface area contributed by atoms with Crippen molar-refractivity contribution in [3.63, 3.8) is 0 Å². The van der Waals surface area contributed by atoms with Gasteiger partial charge in [-0.1, -0.05) is 42.5 Å². The molecule has 1 aliphatic carbocycles. The molecule has 2 amide bonds. The van der Waals surface area contributed by atoms with Gasteiger partial charge in [-0.15, -0.1) is 4.99 Å². The summed E-state index contributed by atoms with van der Waals surface area (Å²) in [7, 11) is 0. The zero-order valence-electron chi connectivity index (χ0n) is 21.8. The molecule has 0 bridgehead atoms. The van der Waals surface area contributed by atoms with Crippen LogP contribution in [0.3, 0.4) is 0 Å². The summed E-state index contributed by atoms with van der Waals surface area (Å²) in [4.78, 5) is 42.1. The van der Waals surface area contributed by atoms with Crippen LogP contribution in [-0.4, -0.2) is 48.0 Å². The lowest BCUT2D eigenvalue weighted by atomic mass is 10.1. The Labute approximate surface area is 199 Å². The third kappa shape index (κ3) is 8.71. The Bertz CT molecular complexity index is 975. The number of benzene rings is 1. The van der Waals surface area contributed by atoms with Crippen molar-refractivity contribution in [2.45, 2.75) is 70.0 Å². The SMILES string of the molecule is [2H]C([2H])([2H])N1CC(=O)OC2(CCC/C=C/CCCCC(=O)NC1=NC(=O)OCc1ccccc1)CC2. The van der Waals surface area contributed by atoms with E-state index in [2.05, 4.69) is 22.5 Å². The van der Waals surface area contributed by atoms with Crippen molar-refractivity contribution < 1.29 is 28.0 Å². The standard InChI is InChI=1S/C25H33N3O5/c1-28-18-22(30)33-25(16-17-25)15-11-6-4-2-3-5-10-14-21(29)26-23(28)27-24(31)32-19-20-12-8-7-9-13-20/h2,4,7-9,12-13H,3,5-6,10-11,14-19H2,1H3,(H,26,27,29,31)/b4-2+/i1D3. The molecule has 8 nitrogen and oxygen atoms in total. The number of nitrogens with one attached hydrogen (secondary N) is 1. The Kier molecular flexibility index (Phi) is 7.55. The zero-order valence-corrected chi connectivity index (χ0v) is 18.8. The highest BCUT2D eigenvalue weighted by atomic mass is 16.6. The van der Waals surface area contributed by atoms with E-state index in [1.807, 2.05) is 6.07 Å². The maximum absolute atomic E-state index is 12.8. The molecule has 1 spiro atoms. The van der Waals surface area contributed by atoms with E-state index < -0.39 is 43.1 Å². The molecule has 1 aromatic carbocycles. The van der Waals surface area contributed by atoms with E-state index >= 15 is 0 Å². The van der Waals surface area contributed by atoms with Crippen LogP contribution in [0.1, 0.15) is 67.5 Å². The van der Waals surface area contributed by atoms with Gasteiger partial charge in [-0.25, -0.2) is 4.79 Å². The van der Waals surface area contributed by atoms with Gasteiger partial charge in [-0.2, -0.15) is 0 Å². The summed E-state index contributed by atoms with van der Waals surface area (Å²) in [6.07, 6.45) is 9.22. The number of ether oxygens (including phenoxy) is 2. The van der Waals surface area contributed by atoms with E-state index in [-0.39, 0.29) is 13.0 Å². The number of hydrogen-bond donors (Lipinski definition) is 1. The molecule has 1 N–H and O–H groups in total. The number of hydrogen-bond acceptors (Lipinski definition) is 5. The highest BCUT2D eigenvalue weighted by molar-refractivity contribution is 6.01. The Hall–Kier alpha value is -3.16. The minimum atomic E-state index is -2.88. The molecule has 0 atom stereocenters. The molecule has 1 heterocycles. The second-order valence-electron chi connectivity index (χ2n) is 8.38. The number of guanidine groups is 1. The fraction of sp³-hybridized carbons (Fsp3) is 0.520. The largest absolute Gasteiger partial charge is 0.458 e. The molecule has 33 heavy (non-hydrogen) atoms. The van der Waals surface area contributed by atoms with Crippen molar-refractivity contribution in [3.8, 4) is 0 Å². The number of esters is 1. The minimum absolute atomic E-state index is 0.0871. The first-order chi connectivity index (χ1) is 17.2. The molecular weight excluding hydrogens is 422 g/mol. The van der Waals surface area contributed by atoms with E-state index in [0.29, 0.717) is 23.3 Å². The molecule has 0 saturated heterocycles. The summed E-state index contributed by atoms with van der Waals surface area (Å²) < 4.78 is 34.6. The van der Waals surface area contributed by atoms with Crippen molar-refractivity contribution in [2.24, 2.45) is 4.99 Å². The quantitative estimate of drug-likeness (QED) is 0.529. The molecule has 0 aromatic heterocycles. The smallest absolute Gasteiger partial charge is 0.437 e. The zero-order chi connectivity index (χ0) is 26.0. The molecule has 3 rings (SSSR count). The highest BCUT2D eigenvalue weighted by Crippen LogP contribution is 2.44. The van der Waals surface area contributed by atoms with Crippen LogP contribution >= 0.6 is 0 Å². The lowest BCUT2D eigenvalue weighted by molar-refractivity contribution is -0.151. The third-order valence-electron chi connectivity index (χ3n) is 5.53.